The molecule has 110 valence electrons. The number of hydrogen-bond acceptors (Lipinski definition) is 3. The molecule has 0 saturated heterocycles. The molecule has 19 heavy (non-hydrogen) atoms. The Morgan fingerprint density at radius 2 is 1.89 bits per heavy atom. The van der Waals surface area contributed by atoms with Gasteiger partial charge in [0.2, 0.25) is 5.91 Å². The van der Waals surface area contributed by atoms with Crippen LogP contribution in [0.2, 0.25) is 0 Å². The molecule has 0 aromatic heterocycles. The highest BCUT2D eigenvalue weighted by molar-refractivity contribution is 5.80. The van der Waals surface area contributed by atoms with Gasteiger partial charge >= 0.3 is 12.0 Å². The molecule has 0 aromatic rings. The van der Waals surface area contributed by atoms with Crippen LogP contribution in [0.4, 0.5) is 4.79 Å². The second-order valence-corrected chi connectivity index (χ2v) is 4.55. The Morgan fingerprint density at radius 3 is 2.32 bits per heavy atom. The highest BCUT2D eigenvalue weighted by atomic mass is 16.4. The van der Waals surface area contributed by atoms with Crippen LogP contribution in [0.15, 0.2) is 0 Å². The summed E-state index contributed by atoms with van der Waals surface area (Å²) in [5.41, 5.74) is 0. The van der Waals surface area contributed by atoms with Crippen LogP contribution in [0.5, 0.6) is 0 Å². The smallest absolute Gasteiger partial charge is 0.317 e. The standard InChI is InChI=1S/C12H23N3O4/c1-5-9(6-10(16)17)14-12(19)15(4)7-8(2)11(18)13-3/h8-9H,5-7H2,1-4H3,(H,13,18)(H,14,19)(H,16,17). The molecule has 7 nitrogen and oxygen atoms in total. The van der Waals surface area contributed by atoms with Crippen molar-refractivity contribution in [1.29, 1.82) is 0 Å². The van der Waals surface area contributed by atoms with Crippen LogP contribution in [0.25, 0.3) is 0 Å². The molecule has 0 fully saturated rings. The van der Waals surface area contributed by atoms with Gasteiger partial charge in [-0.15, -0.1) is 0 Å². The normalized spacial score (nSPS) is 13.3. The van der Waals surface area contributed by atoms with E-state index in [9.17, 15) is 14.4 Å². The highest BCUT2D eigenvalue weighted by Crippen LogP contribution is 2.02. The van der Waals surface area contributed by atoms with E-state index >= 15 is 0 Å². The number of aliphatic carboxylic acids is 1. The van der Waals surface area contributed by atoms with Crippen molar-refractivity contribution in [3.05, 3.63) is 0 Å². The number of amides is 3. The average Bonchev–Trinajstić information content (AvgIpc) is 2.35. The monoisotopic (exact) mass is 273 g/mol. The average molecular weight is 273 g/mol. The summed E-state index contributed by atoms with van der Waals surface area (Å²) >= 11 is 0. The number of nitrogens with zero attached hydrogens (tertiary/aromatic N) is 1. The number of rotatable bonds is 7. The van der Waals surface area contributed by atoms with E-state index in [-0.39, 0.29) is 30.8 Å². The summed E-state index contributed by atoms with van der Waals surface area (Å²) in [6.07, 6.45) is 0.429. The maximum Gasteiger partial charge on any atom is 0.317 e. The summed E-state index contributed by atoms with van der Waals surface area (Å²) in [6, 6.07) is -0.772. The fourth-order valence-electron chi connectivity index (χ4n) is 1.62. The van der Waals surface area contributed by atoms with E-state index < -0.39 is 12.0 Å². The summed E-state index contributed by atoms with van der Waals surface area (Å²) in [5, 5.41) is 13.8. The van der Waals surface area contributed by atoms with Gasteiger partial charge in [-0.05, 0) is 6.42 Å². The number of hydrogen-bond donors (Lipinski definition) is 3. The van der Waals surface area contributed by atoms with Crippen LogP contribution in [0.3, 0.4) is 0 Å². The molecule has 0 aromatic carbocycles. The van der Waals surface area contributed by atoms with Crippen LogP contribution in [0, 0.1) is 5.92 Å². The summed E-state index contributed by atoms with van der Waals surface area (Å²) in [5.74, 6) is -1.41. The van der Waals surface area contributed by atoms with E-state index in [1.54, 1.807) is 27.9 Å². The van der Waals surface area contributed by atoms with Crippen LogP contribution in [-0.4, -0.2) is 54.6 Å². The molecule has 0 saturated carbocycles. The quantitative estimate of drug-likeness (QED) is 0.619. The first-order valence-corrected chi connectivity index (χ1v) is 6.26. The van der Waals surface area contributed by atoms with E-state index in [1.807, 2.05) is 0 Å². The summed E-state index contributed by atoms with van der Waals surface area (Å²) in [4.78, 5) is 35.2. The number of carbonyl (C=O) groups excluding carboxylic acids is 2. The molecule has 0 heterocycles. The van der Waals surface area contributed by atoms with Crippen molar-refractivity contribution in [2.24, 2.45) is 5.92 Å². The van der Waals surface area contributed by atoms with Crippen molar-refractivity contribution >= 4 is 17.9 Å². The van der Waals surface area contributed by atoms with Crippen LogP contribution in [0.1, 0.15) is 26.7 Å². The van der Waals surface area contributed by atoms with Crippen molar-refractivity contribution in [3.63, 3.8) is 0 Å². The zero-order valence-corrected chi connectivity index (χ0v) is 11.9. The Hall–Kier alpha value is -1.79. The molecular weight excluding hydrogens is 250 g/mol. The molecule has 0 aliphatic carbocycles. The molecule has 3 N–H and O–H groups in total. The van der Waals surface area contributed by atoms with Crippen LogP contribution < -0.4 is 10.6 Å². The van der Waals surface area contributed by atoms with E-state index in [1.165, 1.54) is 4.90 Å². The minimum Gasteiger partial charge on any atom is -0.481 e. The lowest BCUT2D eigenvalue weighted by molar-refractivity contribution is -0.137. The first-order valence-electron chi connectivity index (χ1n) is 6.26. The Labute approximate surface area is 113 Å². The van der Waals surface area contributed by atoms with Gasteiger partial charge < -0.3 is 20.6 Å². The van der Waals surface area contributed by atoms with Crippen LogP contribution >= 0.6 is 0 Å². The molecule has 3 amide bonds. The zero-order chi connectivity index (χ0) is 15.0. The van der Waals surface area contributed by atoms with E-state index in [0.717, 1.165) is 0 Å². The Morgan fingerprint density at radius 1 is 1.32 bits per heavy atom. The van der Waals surface area contributed by atoms with Gasteiger partial charge in [0.15, 0.2) is 0 Å². The fourth-order valence-corrected chi connectivity index (χ4v) is 1.62. The summed E-state index contributed by atoms with van der Waals surface area (Å²) < 4.78 is 0. The second kappa shape index (κ2) is 8.34. The lowest BCUT2D eigenvalue weighted by Crippen LogP contribution is -2.46. The third kappa shape index (κ3) is 6.64. The predicted molar refractivity (Wildman–Crippen MR) is 70.7 cm³/mol. The Balaban J connectivity index is 4.32. The molecule has 0 spiro atoms. The molecule has 0 bridgehead atoms. The van der Waals surface area contributed by atoms with Gasteiger partial charge in [-0.25, -0.2) is 4.79 Å². The van der Waals surface area contributed by atoms with E-state index in [2.05, 4.69) is 10.6 Å². The minimum absolute atomic E-state index is 0.110. The zero-order valence-electron chi connectivity index (χ0n) is 11.9. The lowest BCUT2D eigenvalue weighted by Gasteiger charge is -2.24. The summed E-state index contributed by atoms with van der Waals surface area (Å²) in [6.45, 7) is 3.80. The Kier molecular flexibility index (Phi) is 7.55. The third-order valence-corrected chi connectivity index (χ3v) is 2.83. The van der Waals surface area contributed by atoms with Gasteiger partial charge in [0.1, 0.15) is 0 Å². The van der Waals surface area contributed by atoms with E-state index in [0.29, 0.717) is 6.42 Å². The Bertz CT molecular complexity index is 333. The topological polar surface area (TPSA) is 98.7 Å². The van der Waals surface area contributed by atoms with Gasteiger partial charge in [0.05, 0.1) is 12.3 Å². The molecule has 2 atom stereocenters. The number of carboxylic acids is 1. The second-order valence-electron chi connectivity index (χ2n) is 4.55. The van der Waals surface area contributed by atoms with Gasteiger partial charge in [0.25, 0.3) is 0 Å². The summed E-state index contributed by atoms with van der Waals surface area (Å²) in [7, 11) is 3.11. The van der Waals surface area contributed by atoms with Crippen molar-refractivity contribution < 1.29 is 19.5 Å². The molecule has 0 aliphatic rings. The fraction of sp³-hybridized carbons (Fsp3) is 0.750. The van der Waals surface area contributed by atoms with E-state index in [4.69, 9.17) is 5.11 Å². The first-order chi connectivity index (χ1) is 8.81. The van der Waals surface area contributed by atoms with Gasteiger partial charge in [-0.2, -0.15) is 0 Å². The van der Waals surface area contributed by atoms with Crippen molar-refractivity contribution in [2.75, 3.05) is 20.6 Å². The molecule has 0 aliphatic heterocycles. The lowest BCUT2D eigenvalue weighted by atomic mass is 10.1. The van der Waals surface area contributed by atoms with Gasteiger partial charge in [-0.1, -0.05) is 13.8 Å². The SMILES string of the molecule is CCC(CC(=O)O)NC(=O)N(C)CC(C)C(=O)NC. The van der Waals surface area contributed by atoms with Crippen molar-refractivity contribution in [3.8, 4) is 0 Å². The largest absolute Gasteiger partial charge is 0.481 e. The first kappa shape index (κ1) is 17.2. The van der Waals surface area contributed by atoms with Gasteiger partial charge in [0, 0.05) is 26.7 Å². The number of carbonyl (C=O) groups is 3. The highest BCUT2D eigenvalue weighted by Gasteiger charge is 2.20. The van der Waals surface area contributed by atoms with Crippen molar-refractivity contribution in [1.82, 2.24) is 15.5 Å². The third-order valence-electron chi connectivity index (χ3n) is 2.83. The predicted octanol–water partition coefficient (Wildman–Crippen LogP) is 0.263. The van der Waals surface area contributed by atoms with Gasteiger partial charge in [-0.3, -0.25) is 9.59 Å². The maximum absolute atomic E-state index is 11.8. The molecule has 0 radical (unpaired) electrons. The number of urea groups is 1. The number of carboxylic acid groups (broad SMARTS) is 1. The molecular formula is C12H23N3O4. The van der Waals surface area contributed by atoms with Crippen molar-refractivity contribution in [2.45, 2.75) is 32.7 Å². The van der Waals surface area contributed by atoms with Crippen LogP contribution in [-0.2, 0) is 9.59 Å². The molecule has 7 heteroatoms. The molecule has 2 unspecified atom stereocenters. The molecule has 0 rings (SSSR count). The number of nitrogens with one attached hydrogen (secondary N) is 2. The maximum atomic E-state index is 11.8. The minimum atomic E-state index is -0.950.